The Bertz CT molecular complexity index is 228. The normalized spacial score (nSPS) is 17.3. The highest BCUT2D eigenvalue weighted by Crippen LogP contribution is 2.39. The Balaban J connectivity index is 2.28. The van der Waals surface area contributed by atoms with Crippen LogP contribution in [-0.2, 0) is 0 Å². The van der Waals surface area contributed by atoms with Crippen LogP contribution in [0.4, 0.5) is 0 Å². The molecule has 0 bridgehead atoms. The molecule has 0 unspecified atom stereocenters. The lowest BCUT2D eigenvalue weighted by Gasteiger charge is -1.93. The minimum Gasteiger partial charge on any atom is -0.231 e. The summed E-state index contributed by atoms with van der Waals surface area (Å²) in [5.74, 6) is 0.775. The Hall–Kier alpha value is -0.190. The molecule has 0 saturated heterocycles. The highest BCUT2D eigenvalue weighted by Gasteiger charge is 2.23. The van der Waals surface area contributed by atoms with E-state index in [1.54, 1.807) is 0 Å². The van der Waals surface area contributed by atoms with Crippen LogP contribution >= 0.6 is 22.6 Å². The van der Waals surface area contributed by atoms with E-state index in [2.05, 4.69) is 32.6 Å². The van der Waals surface area contributed by atoms with Crippen LogP contribution in [0.3, 0.4) is 0 Å². The second-order valence-electron chi connectivity index (χ2n) is 2.56. The third kappa shape index (κ3) is 1.28. The maximum atomic E-state index is 4.12. The van der Waals surface area contributed by atoms with Crippen molar-refractivity contribution in [1.82, 2.24) is 9.97 Å². The number of hydrogen-bond acceptors (Lipinski definition) is 2. The molecular weight excluding hydrogens is 239 g/mol. The van der Waals surface area contributed by atoms with Gasteiger partial charge < -0.3 is 0 Å². The SMILES string of the molecule is Ic1ncc(C2CC2)cn1. The molecule has 0 atom stereocenters. The maximum absolute atomic E-state index is 4.12. The van der Waals surface area contributed by atoms with E-state index >= 15 is 0 Å². The monoisotopic (exact) mass is 246 g/mol. The molecule has 1 heterocycles. The van der Waals surface area contributed by atoms with Crippen LogP contribution in [0, 0.1) is 3.83 Å². The second kappa shape index (κ2) is 2.45. The fourth-order valence-corrected chi connectivity index (χ4v) is 1.23. The summed E-state index contributed by atoms with van der Waals surface area (Å²) >= 11 is 2.12. The number of hydrogen-bond donors (Lipinski definition) is 0. The molecule has 1 fully saturated rings. The summed E-state index contributed by atoms with van der Waals surface area (Å²) in [6.07, 6.45) is 6.52. The van der Waals surface area contributed by atoms with Gasteiger partial charge in [-0.25, -0.2) is 9.97 Å². The highest BCUT2D eigenvalue weighted by molar-refractivity contribution is 14.1. The van der Waals surface area contributed by atoms with Gasteiger partial charge in [0.2, 0.25) is 0 Å². The molecule has 2 rings (SSSR count). The van der Waals surface area contributed by atoms with Crippen LogP contribution in [0.2, 0.25) is 0 Å². The summed E-state index contributed by atoms with van der Waals surface area (Å²) in [4.78, 5) is 8.23. The molecule has 1 aliphatic carbocycles. The number of halogens is 1. The van der Waals surface area contributed by atoms with Crippen LogP contribution < -0.4 is 0 Å². The summed E-state index contributed by atoms with van der Waals surface area (Å²) in [5.41, 5.74) is 1.31. The van der Waals surface area contributed by atoms with Crippen LogP contribution in [-0.4, -0.2) is 9.97 Å². The quantitative estimate of drug-likeness (QED) is 0.559. The molecule has 0 amide bonds. The van der Waals surface area contributed by atoms with Crippen molar-refractivity contribution in [2.75, 3.05) is 0 Å². The lowest BCUT2D eigenvalue weighted by atomic mass is 10.2. The predicted octanol–water partition coefficient (Wildman–Crippen LogP) is 1.96. The molecule has 10 heavy (non-hydrogen) atoms. The molecule has 1 aromatic rings. The minimum atomic E-state index is 0.775. The van der Waals surface area contributed by atoms with E-state index in [0.29, 0.717) is 0 Å². The molecule has 52 valence electrons. The first-order valence-electron chi connectivity index (χ1n) is 3.34. The van der Waals surface area contributed by atoms with E-state index in [9.17, 15) is 0 Å². The van der Waals surface area contributed by atoms with Gasteiger partial charge in [-0.3, -0.25) is 0 Å². The lowest BCUT2D eigenvalue weighted by Crippen LogP contribution is -1.88. The van der Waals surface area contributed by atoms with Gasteiger partial charge >= 0.3 is 0 Å². The Labute approximate surface area is 73.2 Å². The largest absolute Gasteiger partial charge is 0.231 e. The first-order chi connectivity index (χ1) is 4.86. The molecule has 3 heteroatoms. The Morgan fingerprint density at radius 1 is 1.30 bits per heavy atom. The zero-order valence-electron chi connectivity index (χ0n) is 5.42. The van der Waals surface area contributed by atoms with Gasteiger partial charge in [0.15, 0.2) is 3.83 Å². The summed E-state index contributed by atoms with van der Waals surface area (Å²) in [6.45, 7) is 0. The zero-order chi connectivity index (χ0) is 6.97. The number of aromatic nitrogens is 2. The molecule has 0 aliphatic heterocycles. The number of nitrogens with zero attached hydrogens (tertiary/aromatic N) is 2. The lowest BCUT2D eigenvalue weighted by molar-refractivity contribution is 1.01. The van der Waals surface area contributed by atoms with Crippen molar-refractivity contribution in [2.24, 2.45) is 0 Å². The molecule has 1 aromatic heterocycles. The highest BCUT2D eigenvalue weighted by atomic mass is 127. The van der Waals surface area contributed by atoms with Crippen molar-refractivity contribution in [3.8, 4) is 0 Å². The van der Waals surface area contributed by atoms with Crippen molar-refractivity contribution < 1.29 is 0 Å². The third-order valence-electron chi connectivity index (χ3n) is 1.69. The van der Waals surface area contributed by atoms with E-state index in [1.165, 1.54) is 18.4 Å². The molecule has 0 spiro atoms. The minimum absolute atomic E-state index is 0.775. The van der Waals surface area contributed by atoms with Crippen molar-refractivity contribution >= 4 is 22.6 Å². The summed E-state index contributed by atoms with van der Waals surface area (Å²) in [5, 5.41) is 0. The van der Waals surface area contributed by atoms with Crippen molar-refractivity contribution in [2.45, 2.75) is 18.8 Å². The van der Waals surface area contributed by atoms with Gasteiger partial charge in [0.1, 0.15) is 0 Å². The zero-order valence-corrected chi connectivity index (χ0v) is 7.58. The Kier molecular flexibility index (Phi) is 1.60. The smallest absolute Gasteiger partial charge is 0.190 e. The first kappa shape index (κ1) is 6.52. The van der Waals surface area contributed by atoms with Crippen LogP contribution in [0.1, 0.15) is 24.3 Å². The average Bonchev–Trinajstić information content (AvgIpc) is 2.71. The standard InChI is InChI=1S/C7H7IN2/c8-7-9-3-6(4-10-7)5-1-2-5/h3-5H,1-2H2. The van der Waals surface area contributed by atoms with E-state index < -0.39 is 0 Å². The molecule has 2 nitrogen and oxygen atoms in total. The van der Waals surface area contributed by atoms with Gasteiger partial charge in [0.25, 0.3) is 0 Å². The first-order valence-corrected chi connectivity index (χ1v) is 4.41. The third-order valence-corrected chi connectivity index (χ3v) is 2.25. The van der Waals surface area contributed by atoms with Gasteiger partial charge in [0, 0.05) is 35.0 Å². The van der Waals surface area contributed by atoms with Crippen molar-refractivity contribution in [3.63, 3.8) is 0 Å². The van der Waals surface area contributed by atoms with E-state index in [1.807, 2.05) is 12.4 Å². The van der Waals surface area contributed by atoms with Crippen LogP contribution in [0.15, 0.2) is 12.4 Å². The van der Waals surface area contributed by atoms with E-state index in [0.717, 1.165) is 9.75 Å². The van der Waals surface area contributed by atoms with Gasteiger partial charge in [0.05, 0.1) is 0 Å². The second-order valence-corrected chi connectivity index (χ2v) is 3.52. The fourth-order valence-electron chi connectivity index (χ4n) is 0.950. The fraction of sp³-hybridized carbons (Fsp3) is 0.429. The topological polar surface area (TPSA) is 25.8 Å². The molecule has 0 radical (unpaired) electrons. The van der Waals surface area contributed by atoms with Gasteiger partial charge in [-0.1, -0.05) is 0 Å². The number of rotatable bonds is 1. The summed E-state index contributed by atoms with van der Waals surface area (Å²) < 4.78 is 0.835. The van der Waals surface area contributed by atoms with Gasteiger partial charge in [-0.15, -0.1) is 0 Å². The van der Waals surface area contributed by atoms with Crippen LogP contribution in [0.5, 0.6) is 0 Å². The maximum Gasteiger partial charge on any atom is 0.190 e. The van der Waals surface area contributed by atoms with E-state index in [4.69, 9.17) is 0 Å². The predicted molar refractivity (Wildman–Crippen MR) is 46.7 cm³/mol. The molecule has 0 aromatic carbocycles. The molecule has 0 N–H and O–H groups in total. The Morgan fingerprint density at radius 3 is 2.40 bits per heavy atom. The summed E-state index contributed by atoms with van der Waals surface area (Å²) in [7, 11) is 0. The Morgan fingerprint density at radius 2 is 1.90 bits per heavy atom. The van der Waals surface area contributed by atoms with Crippen LogP contribution in [0.25, 0.3) is 0 Å². The summed E-state index contributed by atoms with van der Waals surface area (Å²) in [6, 6.07) is 0. The molecule has 1 aliphatic rings. The molecule has 1 saturated carbocycles. The van der Waals surface area contributed by atoms with E-state index in [-0.39, 0.29) is 0 Å². The van der Waals surface area contributed by atoms with Gasteiger partial charge in [-0.05, 0) is 24.3 Å². The van der Waals surface area contributed by atoms with Gasteiger partial charge in [-0.2, -0.15) is 0 Å². The van der Waals surface area contributed by atoms with Crippen molar-refractivity contribution in [1.29, 1.82) is 0 Å². The molecular formula is C7H7IN2. The average molecular weight is 246 g/mol. The van der Waals surface area contributed by atoms with Crippen molar-refractivity contribution in [3.05, 3.63) is 21.8 Å².